The second-order valence-electron chi connectivity index (χ2n) is 5.62. The lowest BCUT2D eigenvalue weighted by Gasteiger charge is -2.34. The zero-order valence-corrected chi connectivity index (χ0v) is 12.8. The predicted octanol–water partition coefficient (Wildman–Crippen LogP) is 4.08. The van der Waals surface area contributed by atoms with Gasteiger partial charge in [-0.1, -0.05) is 37.6 Å². The van der Waals surface area contributed by atoms with Gasteiger partial charge in [-0.2, -0.15) is 0 Å². The smallest absolute Gasteiger partial charge is 0.0642 e. The van der Waals surface area contributed by atoms with Crippen LogP contribution in [0.4, 0.5) is 5.69 Å². The number of hydrogen-bond acceptors (Lipinski definition) is 2. The van der Waals surface area contributed by atoms with Crippen LogP contribution < -0.4 is 10.2 Å². The lowest BCUT2D eigenvalue weighted by atomic mass is 9.99. The highest BCUT2D eigenvalue weighted by atomic mass is 35.5. The SMILES string of the molecule is CCCNCc1cccc(Cl)c1N1CCCC(C)C1. The van der Waals surface area contributed by atoms with E-state index in [1.54, 1.807) is 0 Å². The number of benzene rings is 1. The van der Waals surface area contributed by atoms with Crippen molar-refractivity contribution in [1.29, 1.82) is 0 Å². The largest absolute Gasteiger partial charge is 0.370 e. The van der Waals surface area contributed by atoms with Gasteiger partial charge in [-0.05, 0) is 43.4 Å². The van der Waals surface area contributed by atoms with Crippen LogP contribution in [-0.4, -0.2) is 19.6 Å². The predicted molar refractivity (Wildman–Crippen MR) is 84.1 cm³/mol. The lowest BCUT2D eigenvalue weighted by Crippen LogP contribution is -2.35. The molecule has 2 rings (SSSR count). The van der Waals surface area contributed by atoms with Crippen LogP contribution in [0.5, 0.6) is 0 Å². The van der Waals surface area contributed by atoms with Gasteiger partial charge in [0.25, 0.3) is 0 Å². The Morgan fingerprint density at radius 1 is 1.42 bits per heavy atom. The quantitative estimate of drug-likeness (QED) is 0.818. The van der Waals surface area contributed by atoms with Crippen molar-refractivity contribution < 1.29 is 0 Å². The van der Waals surface area contributed by atoms with Crippen LogP contribution >= 0.6 is 11.6 Å². The summed E-state index contributed by atoms with van der Waals surface area (Å²) >= 11 is 6.45. The van der Waals surface area contributed by atoms with Crippen molar-refractivity contribution in [3.63, 3.8) is 0 Å². The molecule has 0 aromatic heterocycles. The highest BCUT2D eigenvalue weighted by Crippen LogP contribution is 2.33. The summed E-state index contributed by atoms with van der Waals surface area (Å²) in [4.78, 5) is 2.47. The Labute approximate surface area is 122 Å². The topological polar surface area (TPSA) is 15.3 Å². The van der Waals surface area contributed by atoms with Gasteiger partial charge in [0.05, 0.1) is 10.7 Å². The summed E-state index contributed by atoms with van der Waals surface area (Å²) in [5, 5.41) is 4.38. The van der Waals surface area contributed by atoms with Gasteiger partial charge < -0.3 is 10.2 Å². The molecule has 1 aliphatic rings. The van der Waals surface area contributed by atoms with E-state index in [0.29, 0.717) is 0 Å². The Morgan fingerprint density at radius 2 is 2.26 bits per heavy atom. The Balaban J connectivity index is 2.16. The van der Waals surface area contributed by atoms with Gasteiger partial charge in [0.2, 0.25) is 0 Å². The molecule has 0 bridgehead atoms. The van der Waals surface area contributed by atoms with E-state index >= 15 is 0 Å². The number of halogens is 1. The summed E-state index contributed by atoms with van der Waals surface area (Å²) < 4.78 is 0. The van der Waals surface area contributed by atoms with E-state index in [4.69, 9.17) is 11.6 Å². The number of anilines is 1. The molecule has 1 aromatic carbocycles. The molecule has 1 unspecified atom stereocenters. The number of nitrogens with zero attached hydrogens (tertiary/aromatic N) is 1. The van der Waals surface area contributed by atoms with E-state index in [1.165, 1.54) is 24.1 Å². The van der Waals surface area contributed by atoms with Crippen LogP contribution in [0.15, 0.2) is 18.2 Å². The van der Waals surface area contributed by atoms with Crippen LogP contribution in [0.2, 0.25) is 5.02 Å². The zero-order valence-electron chi connectivity index (χ0n) is 12.1. The number of nitrogens with one attached hydrogen (secondary N) is 1. The van der Waals surface area contributed by atoms with Crippen LogP contribution in [0.1, 0.15) is 38.7 Å². The van der Waals surface area contributed by atoms with Crippen molar-refractivity contribution in [3.8, 4) is 0 Å². The minimum atomic E-state index is 0.765. The molecule has 1 aromatic rings. The van der Waals surface area contributed by atoms with Crippen LogP contribution in [0.25, 0.3) is 0 Å². The molecule has 3 heteroatoms. The summed E-state index contributed by atoms with van der Waals surface area (Å²) in [7, 11) is 0. The van der Waals surface area contributed by atoms with E-state index in [0.717, 1.165) is 43.5 Å². The first kappa shape index (κ1) is 14.7. The van der Waals surface area contributed by atoms with E-state index in [9.17, 15) is 0 Å². The first-order chi connectivity index (χ1) is 9.22. The van der Waals surface area contributed by atoms with Crippen molar-refractivity contribution in [2.24, 2.45) is 5.92 Å². The molecule has 106 valence electrons. The van der Waals surface area contributed by atoms with Crippen molar-refractivity contribution in [2.75, 3.05) is 24.5 Å². The fourth-order valence-corrected chi connectivity index (χ4v) is 3.16. The molecule has 1 fully saturated rings. The van der Waals surface area contributed by atoms with E-state index in [1.807, 2.05) is 6.07 Å². The monoisotopic (exact) mass is 280 g/mol. The summed E-state index contributed by atoms with van der Waals surface area (Å²) in [5.74, 6) is 0.765. The third-order valence-electron chi connectivity index (χ3n) is 3.79. The average molecular weight is 281 g/mol. The van der Waals surface area contributed by atoms with E-state index in [-0.39, 0.29) is 0 Å². The molecule has 0 saturated carbocycles. The Morgan fingerprint density at radius 3 is 3.00 bits per heavy atom. The highest BCUT2D eigenvalue weighted by Gasteiger charge is 2.20. The van der Waals surface area contributed by atoms with Crippen LogP contribution in [0.3, 0.4) is 0 Å². The second-order valence-corrected chi connectivity index (χ2v) is 6.02. The minimum absolute atomic E-state index is 0.765. The maximum Gasteiger partial charge on any atom is 0.0642 e. The number of rotatable bonds is 5. The number of piperidine rings is 1. The van der Waals surface area contributed by atoms with Gasteiger partial charge in [0.1, 0.15) is 0 Å². The fraction of sp³-hybridized carbons (Fsp3) is 0.625. The van der Waals surface area contributed by atoms with Gasteiger partial charge in [-0.3, -0.25) is 0 Å². The average Bonchev–Trinajstić information content (AvgIpc) is 2.39. The molecule has 0 aliphatic carbocycles. The molecule has 0 amide bonds. The van der Waals surface area contributed by atoms with E-state index < -0.39 is 0 Å². The van der Waals surface area contributed by atoms with Crippen molar-refractivity contribution in [2.45, 2.75) is 39.7 Å². The molecule has 1 heterocycles. The maximum atomic E-state index is 6.45. The third-order valence-corrected chi connectivity index (χ3v) is 4.09. The second kappa shape index (κ2) is 7.16. The van der Waals surface area contributed by atoms with Crippen LogP contribution in [-0.2, 0) is 6.54 Å². The van der Waals surface area contributed by atoms with Gasteiger partial charge in [0.15, 0.2) is 0 Å². The summed E-state index contributed by atoms with van der Waals surface area (Å²) in [6.07, 6.45) is 3.77. The molecular weight excluding hydrogens is 256 g/mol. The molecule has 1 saturated heterocycles. The van der Waals surface area contributed by atoms with Crippen LogP contribution in [0, 0.1) is 5.92 Å². The molecule has 0 radical (unpaired) electrons. The standard InChI is InChI=1S/C16H25ClN2/c1-3-9-18-11-14-7-4-8-15(17)16(14)19-10-5-6-13(2)12-19/h4,7-8,13,18H,3,5-6,9-12H2,1-2H3. The summed E-state index contributed by atoms with van der Waals surface area (Å²) in [6, 6.07) is 6.27. The van der Waals surface area contributed by atoms with Crippen molar-refractivity contribution in [1.82, 2.24) is 5.32 Å². The van der Waals surface area contributed by atoms with Gasteiger partial charge >= 0.3 is 0 Å². The molecule has 1 N–H and O–H groups in total. The molecule has 0 spiro atoms. The van der Waals surface area contributed by atoms with Crippen molar-refractivity contribution in [3.05, 3.63) is 28.8 Å². The van der Waals surface area contributed by atoms with Gasteiger partial charge in [-0.25, -0.2) is 0 Å². The van der Waals surface area contributed by atoms with Gasteiger partial charge in [0, 0.05) is 19.6 Å². The van der Waals surface area contributed by atoms with E-state index in [2.05, 4.69) is 36.2 Å². The number of para-hydroxylation sites is 1. The summed E-state index contributed by atoms with van der Waals surface area (Å²) in [6.45, 7) is 8.76. The Kier molecular flexibility index (Phi) is 5.53. The first-order valence-electron chi connectivity index (χ1n) is 7.45. The summed E-state index contributed by atoms with van der Waals surface area (Å²) in [5.41, 5.74) is 2.58. The first-order valence-corrected chi connectivity index (χ1v) is 7.83. The lowest BCUT2D eigenvalue weighted by molar-refractivity contribution is 0.446. The molecule has 19 heavy (non-hydrogen) atoms. The normalized spacial score (nSPS) is 19.7. The van der Waals surface area contributed by atoms with Crippen molar-refractivity contribution >= 4 is 17.3 Å². The Hall–Kier alpha value is -0.730. The highest BCUT2D eigenvalue weighted by molar-refractivity contribution is 6.33. The molecule has 1 atom stereocenters. The Bertz CT molecular complexity index is 406. The minimum Gasteiger partial charge on any atom is -0.370 e. The molecular formula is C16H25ClN2. The third kappa shape index (κ3) is 3.87. The molecule has 1 aliphatic heterocycles. The maximum absolute atomic E-state index is 6.45. The number of hydrogen-bond donors (Lipinski definition) is 1. The fourth-order valence-electron chi connectivity index (χ4n) is 2.85. The molecule has 2 nitrogen and oxygen atoms in total. The zero-order chi connectivity index (χ0) is 13.7. The van der Waals surface area contributed by atoms with Gasteiger partial charge in [-0.15, -0.1) is 0 Å².